The smallest absolute Gasteiger partial charge is 0.419 e. The van der Waals surface area contributed by atoms with Crippen molar-refractivity contribution in [3.63, 3.8) is 0 Å². The molecule has 12 heteroatoms. The van der Waals surface area contributed by atoms with Crippen molar-refractivity contribution in [2.24, 2.45) is 11.8 Å². The predicted molar refractivity (Wildman–Crippen MR) is 172 cm³/mol. The van der Waals surface area contributed by atoms with Gasteiger partial charge >= 0.3 is 18.4 Å². The number of nitrogens with zero attached hydrogens (tertiary/aromatic N) is 2. The van der Waals surface area contributed by atoms with Gasteiger partial charge in [0.1, 0.15) is 22.8 Å². The molecule has 1 aliphatic heterocycles. The van der Waals surface area contributed by atoms with Crippen LogP contribution in [0.15, 0.2) is 36.5 Å². The molecule has 0 radical (unpaired) electrons. The molecule has 3 rings (SSSR count). The Morgan fingerprint density at radius 1 is 0.935 bits per heavy atom. The number of benzene rings is 1. The standard InChI is InChI=1S/C34H49F3N4O5/c1-22(20-39-30(42)45-32(3,4)5)17-23(2)21-44-28-10-9-24(18-27(28)34(35,36)37)25-11-14-38-29(19-25)40-26-12-15-41(16-13-26)31(43)46-33(6,7)8/h9-11,14,18-19,22-23,26H,12-13,15-17,20-21H2,1-8H3,(H,38,40)(H,39,42)/t22?,23-/m1/s1. The molecule has 1 unspecified atom stereocenters. The Morgan fingerprint density at radius 3 is 2.17 bits per heavy atom. The van der Waals surface area contributed by atoms with E-state index in [1.54, 1.807) is 50.1 Å². The Morgan fingerprint density at radius 2 is 1.57 bits per heavy atom. The zero-order chi connectivity index (χ0) is 34.3. The van der Waals surface area contributed by atoms with Crippen LogP contribution in [-0.2, 0) is 15.7 Å². The van der Waals surface area contributed by atoms with Crippen LogP contribution in [0.3, 0.4) is 0 Å². The topological polar surface area (TPSA) is 102 Å². The van der Waals surface area contributed by atoms with Gasteiger partial charge in [-0.3, -0.25) is 0 Å². The van der Waals surface area contributed by atoms with Crippen LogP contribution in [0.2, 0.25) is 0 Å². The van der Waals surface area contributed by atoms with E-state index in [4.69, 9.17) is 14.2 Å². The molecule has 0 spiro atoms. The third-order valence-electron chi connectivity index (χ3n) is 7.20. The molecule has 9 nitrogen and oxygen atoms in total. The molecule has 2 amide bonds. The van der Waals surface area contributed by atoms with Gasteiger partial charge in [0.05, 0.1) is 12.2 Å². The summed E-state index contributed by atoms with van der Waals surface area (Å²) in [6.45, 7) is 16.2. The molecule has 1 aromatic carbocycles. The van der Waals surface area contributed by atoms with Crippen LogP contribution in [0, 0.1) is 11.8 Å². The first-order chi connectivity index (χ1) is 21.3. The van der Waals surface area contributed by atoms with Crippen LogP contribution in [0.1, 0.15) is 80.2 Å². The number of hydrogen-bond donors (Lipinski definition) is 2. The first kappa shape index (κ1) is 36.8. The summed E-state index contributed by atoms with van der Waals surface area (Å²) in [6.07, 6.45) is -1.88. The third-order valence-corrected chi connectivity index (χ3v) is 7.20. The van der Waals surface area contributed by atoms with Crippen molar-refractivity contribution in [3.05, 3.63) is 42.1 Å². The van der Waals surface area contributed by atoms with E-state index in [9.17, 15) is 22.8 Å². The molecular formula is C34H49F3N4O5. The quantitative estimate of drug-likeness (QED) is 0.268. The van der Waals surface area contributed by atoms with Crippen molar-refractivity contribution in [2.75, 3.05) is 31.6 Å². The maximum absolute atomic E-state index is 14.1. The number of nitrogens with one attached hydrogen (secondary N) is 2. The molecule has 1 aromatic heterocycles. The number of anilines is 1. The SMILES string of the molecule is CC(CNC(=O)OC(C)(C)C)C[C@@H](C)COc1ccc(-c2ccnc(NC3CCN(C(=O)OC(C)(C)C)CC3)c2)cc1C(F)(F)F. The van der Waals surface area contributed by atoms with Crippen molar-refractivity contribution in [1.82, 2.24) is 15.2 Å². The van der Waals surface area contributed by atoms with E-state index < -0.39 is 29.0 Å². The number of carbonyl (C=O) groups is 2. The Bertz CT molecular complexity index is 1320. The highest BCUT2D eigenvalue weighted by Crippen LogP contribution is 2.39. The first-order valence-electron chi connectivity index (χ1n) is 15.8. The van der Waals surface area contributed by atoms with Crippen LogP contribution in [0.5, 0.6) is 5.75 Å². The number of alkyl halides is 3. The van der Waals surface area contributed by atoms with E-state index in [1.807, 2.05) is 34.6 Å². The first-order valence-corrected chi connectivity index (χ1v) is 15.8. The molecule has 0 saturated carbocycles. The average Bonchev–Trinajstić information content (AvgIpc) is 2.93. The molecule has 2 aromatic rings. The zero-order valence-corrected chi connectivity index (χ0v) is 28.2. The Labute approximate surface area is 270 Å². The summed E-state index contributed by atoms with van der Waals surface area (Å²) >= 11 is 0. The van der Waals surface area contributed by atoms with Gasteiger partial charge in [-0.25, -0.2) is 14.6 Å². The zero-order valence-electron chi connectivity index (χ0n) is 28.2. The van der Waals surface area contributed by atoms with E-state index in [1.165, 1.54) is 6.07 Å². The van der Waals surface area contributed by atoms with Crippen LogP contribution < -0.4 is 15.4 Å². The number of likely N-dealkylation sites (tertiary alicyclic amines) is 1. The van der Waals surface area contributed by atoms with E-state index in [0.717, 1.165) is 6.07 Å². The lowest BCUT2D eigenvalue weighted by atomic mass is 9.98. The number of hydrogen-bond acceptors (Lipinski definition) is 7. The number of pyridine rings is 1. The summed E-state index contributed by atoms with van der Waals surface area (Å²) in [6, 6.07) is 7.53. The summed E-state index contributed by atoms with van der Waals surface area (Å²) in [5, 5.41) is 6.09. The molecule has 46 heavy (non-hydrogen) atoms. The normalized spacial score (nSPS) is 15.9. The van der Waals surface area contributed by atoms with Gasteiger partial charge in [-0.1, -0.05) is 19.9 Å². The number of halogens is 3. The second-order valence-corrected chi connectivity index (χ2v) is 14.2. The van der Waals surface area contributed by atoms with Gasteiger partial charge in [-0.05, 0) is 108 Å². The monoisotopic (exact) mass is 650 g/mol. The Kier molecular flexibility index (Phi) is 12.2. The maximum Gasteiger partial charge on any atom is 0.419 e. The van der Waals surface area contributed by atoms with Crippen LogP contribution >= 0.6 is 0 Å². The van der Waals surface area contributed by atoms with Gasteiger partial charge in [0, 0.05) is 31.9 Å². The highest BCUT2D eigenvalue weighted by atomic mass is 19.4. The summed E-state index contributed by atoms with van der Waals surface area (Å²) in [5.74, 6) is 0.335. The summed E-state index contributed by atoms with van der Waals surface area (Å²) in [7, 11) is 0. The highest BCUT2D eigenvalue weighted by Gasteiger charge is 2.35. The van der Waals surface area contributed by atoms with E-state index in [-0.39, 0.29) is 36.3 Å². The van der Waals surface area contributed by atoms with Crippen LogP contribution in [0.4, 0.5) is 28.6 Å². The molecule has 1 aliphatic rings. The van der Waals surface area contributed by atoms with Crippen LogP contribution in [-0.4, -0.2) is 65.6 Å². The molecule has 0 aliphatic carbocycles. The van der Waals surface area contributed by atoms with Crippen molar-refractivity contribution in [2.45, 2.75) is 98.1 Å². The maximum atomic E-state index is 14.1. The second kappa shape index (κ2) is 15.3. The lowest BCUT2D eigenvalue weighted by Crippen LogP contribution is -2.44. The number of aromatic nitrogens is 1. The fourth-order valence-electron chi connectivity index (χ4n) is 5.13. The van der Waals surface area contributed by atoms with Gasteiger partial charge in [-0.2, -0.15) is 13.2 Å². The average molecular weight is 651 g/mol. The second-order valence-electron chi connectivity index (χ2n) is 14.2. The minimum Gasteiger partial charge on any atom is -0.493 e. The van der Waals surface area contributed by atoms with Gasteiger partial charge in [-0.15, -0.1) is 0 Å². The summed E-state index contributed by atoms with van der Waals surface area (Å²) in [5.41, 5.74) is -1.04. The molecule has 256 valence electrons. The van der Waals surface area contributed by atoms with Gasteiger partial charge in [0.2, 0.25) is 0 Å². The van der Waals surface area contributed by atoms with E-state index in [2.05, 4.69) is 15.6 Å². The van der Waals surface area contributed by atoms with Crippen molar-refractivity contribution < 1.29 is 37.0 Å². The lowest BCUT2D eigenvalue weighted by Gasteiger charge is -2.33. The molecule has 2 atom stereocenters. The molecule has 1 fully saturated rings. The number of ether oxygens (including phenoxy) is 3. The number of alkyl carbamates (subject to hydrolysis) is 1. The van der Waals surface area contributed by atoms with E-state index >= 15 is 0 Å². The van der Waals surface area contributed by atoms with Crippen molar-refractivity contribution >= 4 is 18.0 Å². The summed E-state index contributed by atoms with van der Waals surface area (Å²) in [4.78, 5) is 30.3. The highest BCUT2D eigenvalue weighted by molar-refractivity contribution is 5.69. The largest absolute Gasteiger partial charge is 0.493 e. The Hall–Kier alpha value is -3.70. The predicted octanol–water partition coefficient (Wildman–Crippen LogP) is 8.14. The molecular weight excluding hydrogens is 601 g/mol. The van der Waals surface area contributed by atoms with Gasteiger partial charge < -0.3 is 29.7 Å². The van der Waals surface area contributed by atoms with Crippen molar-refractivity contribution in [1.29, 1.82) is 0 Å². The van der Waals surface area contributed by atoms with E-state index in [0.29, 0.717) is 55.8 Å². The van der Waals surface area contributed by atoms with Gasteiger partial charge in [0.25, 0.3) is 0 Å². The summed E-state index contributed by atoms with van der Waals surface area (Å²) < 4.78 is 58.8. The third kappa shape index (κ3) is 12.2. The minimum absolute atomic E-state index is 0.0546. The number of rotatable bonds is 10. The lowest BCUT2D eigenvalue weighted by molar-refractivity contribution is -0.139. The number of carbonyl (C=O) groups excluding carboxylic acids is 2. The minimum atomic E-state index is -4.62. The number of amides is 2. The Balaban J connectivity index is 1.59. The molecule has 0 bridgehead atoms. The van der Waals surface area contributed by atoms with Gasteiger partial charge in [0.15, 0.2) is 0 Å². The van der Waals surface area contributed by atoms with Crippen molar-refractivity contribution in [3.8, 4) is 16.9 Å². The fourth-order valence-corrected chi connectivity index (χ4v) is 5.13. The molecule has 2 heterocycles. The fraction of sp³-hybridized carbons (Fsp3) is 0.618. The van der Waals surface area contributed by atoms with Crippen LogP contribution in [0.25, 0.3) is 11.1 Å². The molecule has 2 N–H and O–H groups in total. The molecule has 1 saturated heterocycles. The number of piperidine rings is 1.